The van der Waals surface area contributed by atoms with Crippen LogP contribution in [0.25, 0.3) is 0 Å². The summed E-state index contributed by atoms with van der Waals surface area (Å²) < 4.78 is 22.4. The van der Waals surface area contributed by atoms with E-state index < -0.39 is 21.8 Å². The fraction of sp³-hybridized carbons (Fsp3) is 0.167. The second kappa shape index (κ2) is 9.11. The number of nitrogens with one attached hydrogen (secondary N) is 3. The Balaban J connectivity index is 1.84. The average Bonchev–Trinajstić information content (AvgIpc) is 2.61. The van der Waals surface area contributed by atoms with Gasteiger partial charge in [0.05, 0.1) is 4.90 Å². The minimum atomic E-state index is -3.75. The van der Waals surface area contributed by atoms with Crippen LogP contribution in [0.5, 0.6) is 0 Å². The third-order valence-corrected chi connectivity index (χ3v) is 4.53. The van der Waals surface area contributed by atoms with Crippen LogP contribution in [0, 0.1) is 0 Å². The van der Waals surface area contributed by atoms with Crippen molar-refractivity contribution in [1.29, 1.82) is 0 Å². The predicted octanol–water partition coefficient (Wildman–Crippen LogP) is 0.590. The van der Waals surface area contributed by atoms with E-state index in [0.717, 1.165) is 5.56 Å². The number of carbonyl (C=O) groups is 3. The molecule has 0 atom stereocenters. The van der Waals surface area contributed by atoms with Gasteiger partial charge in [-0.05, 0) is 42.3 Å². The first-order valence-corrected chi connectivity index (χ1v) is 9.78. The molecule has 148 valence electrons. The first kappa shape index (κ1) is 21.1. The highest BCUT2D eigenvalue weighted by Gasteiger charge is 2.13. The molecule has 0 saturated carbocycles. The van der Waals surface area contributed by atoms with E-state index >= 15 is 0 Å². The van der Waals surface area contributed by atoms with E-state index in [9.17, 15) is 22.8 Å². The van der Waals surface area contributed by atoms with Crippen LogP contribution in [0.15, 0.2) is 53.4 Å². The Morgan fingerprint density at radius 2 is 1.54 bits per heavy atom. The summed E-state index contributed by atoms with van der Waals surface area (Å²) in [6.07, 6.45) is 0.405. The van der Waals surface area contributed by atoms with Crippen LogP contribution in [0.1, 0.15) is 12.5 Å². The Kier molecular flexibility index (Phi) is 6.85. The number of primary sulfonamides is 1. The maximum Gasteiger partial charge on any atom is 0.313 e. The van der Waals surface area contributed by atoms with Crippen LogP contribution in [0.4, 0.5) is 11.4 Å². The van der Waals surface area contributed by atoms with Crippen molar-refractivity contribution in [2.45, 2.75) is 18.2 Å². The maximum atomic E-state index is 12.0. The van der Waals surface area contributed by atoms with Gasteiger partial charge in [0.15, 0.2) is 0 Å². The van der Waals surface area contributed by atoms with Gasteiger partial charge in [-0.1, -0.05) is 18.2 Å². The molecule has 0 aromatic heterocycles. The third-order valence-electron chi connectivity index (χ3n) is 3.60. The van der Waals surface area contributed by atoms with Crippen molar-refractivity contribution < 1.29 is 22.8 Å². The minimum Gasteiger partial charge on any atom is -0.347 e. The summed E-state index contributed by atoms with van der Waals surface area (Å²) in [5, 5.41) is 12.5. The first-order chi connectivity index (χ1) is 13.1. The molecule has 0 heterocycles. The summed E-state index contributed by atoms with van der Waals surface area (Å²) in [7, 11) is -3.75. The molecule has 9 nitrogen and oxygen atoms in total. The van der Waals surface area contributed by atoms with Gasteiger partial charge < -0.3 is 16.0 Å². The molecular formula is C18H20N4O5S. The molecule has 5 N–H and O–H groups in total. The Morgan fingerprint density at radius 3 is 2.11 bits per heavy atom. The second-order valence-electron chi connectivity index (χ2n) is 5.91. The van der Waals surface area contributed by atoms with Gasteiger partial charge in [0.25, 0.3) is 0 Å². The quantitative estimate of drug-likeness (QED) is 0.520. The van der Waals surface area contributed by atoms with Crippen molar-refractivity contribution in [1.82, 2.24) is 5.32 Å². The molecule has 0 saturated heterocycles. The molecular weight excluding hydrogens is 384 g/mol. The summed E-state index contributed by atoms with van der Waals surface area (Å²) in [6, 6.07) is 12.3. The van der Waals surface area contributed by atoms with Gasteiger partial charge in [-0.15, -0.1) is 0 Å². The fourth-order valence-electron chi connectivity index (χ4n) is 2.31. The van der Waals surface area contributed by atoms with Crippen molar-refractivity contribution in [2.24, 2.45) is 5.14 Å². The van der Waals surface area contributed by atoms with E-state index in [1.165, 1.54) is 25.1 Å². The number of amides is 3. The topological polar surface area (TPSA) is 147 Å². The molecule has 0 aliphatic heterocycles. The van der Waals surface area contributed by atoms with Crippen molar-refractivity contribution in [3.63, 3.8) is 0 Å². The molecule has 0 aliphatic rings. The molecule has 0 spiro atoms. The molecule has 28 heavy (non-hydrogen) atoms. The van der Waals surface area contributed by atoms with Crippen LogP contribution in [0.3, 0.4) is 0 Å². The zero-order valence-electron chi connectivity index (χ0n) is 15.1. The molecule has 2 rings (SSSR count). The van der Waals surface area contributed by atoms with Crippen LogP contribution in [0.2, 0.25) is 0 Å². The van der Waals surface area contributed by atoms with Crippen LogP contribution < -0.4 is 21.1 Å². The molecule has 0 aliphatic carbocycles. The average molecular weight is 404 g/mol. The van der Waals surface area contributed by atoms with Crippen LogP contribution in [-0.2, 0) is 30.8 Å². The van der Waals surface area contributed by atoms with Gasteiger partial charge >= 0.3 is 11.8 Å². The normalized spacial score (nSPS) is 10.8. The molecule has 2 aromatic carbocycles. The lowest BCUT2D eigenvalue weighted by atomic mass is 10.1. The number of rotatable bonds is 6. The van der Waals surface area contributed by atoms with Crippen LogP contribution in [-0.4, -0.2) is 32.7 Å². The summed E-state index contributed by atoms with van der Waals surface area (Å²) in [6.45, 7) is 1.55. The van der Waals surface area contributed by atoms with Crippen LogP contribution >= 0.6 is 0 Å². The lowest BCUT2D eigenvalue weighted by Gasteiger charge is -2.08. The zero-order valence-corrected chi connectivity index (χ0v) is 15.9. The SMILES string of the molecule is CC(=O)Nc1cccc(NC(=O)C(=O)NCCc2ccc(S(N)(=O)=O)cc2)c1. The van der Waals surface area contributed by atoms with Crippen molar-refractivity contribution in [3.8, 4) is 0 Å². The van der Waals surface area contributed by atoms with E-state index in [1.807, 2.05) is 0 Å². The largest absolute Gasteiger partial charge is 0.347 e. The number of hydrogen-bond donors (Lipinski definition) is 4. The maximum absolute atomic E-state index is 12.0. The van der Waals surface area contributed by atoms with Gasteiger partial charge in [0.2, 0.25) is 15.9 Å². The lowest BCUT2D eigenvalue weighted by Crippen LogP contribution is -2.36. The Labute approximate surface area is 162 Å². The number of hydrogen-bond acceptors (Lipinski definition) is 5. The van der Waals surface area contributed by atoms with E-state index in [1.54, 1.807) is 30.3 Å². The summed E-state index contributed by atoms with van der Waals surface area (Å²) in [5.74, 6) is -1.91. The highest BCUT2D eigenvalue weighted by Crippen LogP contribution is 2.15. The van der Waals surface area contributed by atoms with Crippen molar-refractivity contribution in [3.05, 3.63) is 54.1 Å². The smallest absolute Gasteiger partial charge is 0.313 e. The number of benzene rings is 2. The highest BCUT2D eigenvalue weighted by molar-refractivity contribution is 7.89. The molecule has 10 heteroatoms. The summed E-state index contributed by atoms with van der Waals surface area (Å²) >= 11 is 0. The second-order valence-corrected chi connectivity index (χ2v) is 7.47. The van der Waals surface area contributed by atoms with Gasteiger partial charge in [0.1, 0.15) is 0 Å². The summed E-state index contributed by atoms with van der Waals surface area (Å²) in [5.41, 5.74) is 1.63. The van der Waals surface area contributed by atoms with E-state index in [4.69, 9.17) is 5.14 Å². The van der Waals surface area contributed by atoms with E-state index in [0.29, 0.717) is 17.8 Å². The lowest BCUT2D eigenvalue weighted by molar-refractivity contribution is -0.136. The molecule has 0 unspecified atom stereocenters. The fourth-order valence-corrected chi connectivity index (χ4v) is 2.83. The van der Waals surface area contributed by atoms with Gasteiger partial charge in [-0.25, -0.2) is 13.6 Å². The highest BCUT2D eigenvalue weighted by atomic mass is 32.2. The van der Waals surface area contributed by atoms with Gasteiger partial charge in [-0.3, -0.25) is 14.4 Å². The zero-order chi connectivity index (χ0) is 20.7. The number of anilines is 2. The first-order valence-electron chi connectivity index (χ1n) is 8.24. The predicted molar refractivity (Wildman–Crippen MR) is 104 cm³/mol. The van der Waals surface area contributed by atoms with E-state index in [-0.39, 0.29) is 17.3 Å². The molecule has 0 radical (unpaired) electrons. The Hall–Kier alpha value is -3.24. The standard InChI is InChI=1S/C18H20N4O5S/c1-12(23)21-14-3-2-4-15(11-14)22-18(25)17(24)20-10-9-13-5-7-16(8-6-13)28(19,26)27/h2-8,11H,9-10H2,1H3,(H,20,24)(H,21,23)(H,22,25)(H2,19,26,27). The monoisotopic (exact) mass is 404 g/mol. The Morgan fingerprint density at radius 1 is 0.929 bits per heavy atom. The van der Waals surface area contributed by atoms with Gasteiger partial charge in [0, 0.05) is 24.8 Å². The van der Waals surface area contributed by atoms with E-state index in [2.05, 4.69) is 16.0 Å². The van der Waals surface area contributed by atoms with Gasteiger partial charge in [-0.2, -0.15) is 0 Å². The molecule has 0 bridgehead atoms. The minimum absolute atomic E-state index is 0.00107. The Bertz CT molecular complexity index is 987. The van der Waals surface area contributed by atoms with Crippen molar-refractivity contribution >= 4 is 39.1 Å². The third kappa shape index (κ3) is 6.49. The number of sulfonamides is 1. The van der Waals surface area contributed by atoms with Crippen molar-refractivity contribution in [2.75, 3.05) is 17.2 Å². The molecule has 2 aromatic rings. The summed E-state index contributed by atoms with van der Waals surface area (Å²) in [4.78, 5) is 34.9. The number of nitrogens with two attached hydrogens (primary N) is 1. The molecule has 3 amide bonds. The molecule has 0 fully saturated rings. The number of carbonyl (C=O) groups excluding carboxylic acids is 3.